The van der Waals surface area contributed by atoms with Gasteiger partial charge in [-0.05, 0) is 81.6 Å². The Morgan fingerprint density at radius 1 is 0.925 bits per heavy atom. The van der Waals surface area contributed by atoms with E-state index in [4.69, 9.17) is 4.74 Å². The van der Waals surface area contributed by atoms with E-state index < -0.39 is 28.5 Å². The molecule has 0 aliphatic heterocycles. The molecule has 0 saturated carbocycles. The molecule has 0 spiro atoms. The van der Waals surface area contributed by atoms with Crippen LogP contribution in [0.4, 0.5) is 5.69 Å². The second-order valence-corrected chi connectivity index (χ2v) is 11.8. The summed E-state index contributed by atoms with van der Waals surface area (Å²) >= 11 is 0. The molecule has 0 bridgehead atoms. The van der Waals surface area contributed by atoms with Gasteiger partial charge in [0.15, 0.2) is 0 Å². The van der Waals surface area contributed by atoms with Crippen molar-refractivity contribution in [3.63, 3.8) is 0 Å². The second kappa shape index (κ2) is 13.5. The maximum Gasteiger partial charge on any atom is 0.264 e. The molecule has 214 valence electrons. The van der Waals surface area contributed by atoms with Gasteiger partial charge in [0.05, 0.1) is 17.7 Å². The zero-order valence-corrected chi connectivity index (χ0v) is 24.9. The van der Waals surface area contributed by atoms with Crippen LogP contribution in [0.1, 0.15) is 43.9 Å². The fraction of sp³-hybridized carbons (Fsp3) is 0.355. The molecule has 0 aliphatic carbocycles. The first-order valence-corrected chi connectivity index (χ1v) is 14.8. The molecular weight excluding hydrogens is 526 g/mol. The molecule has 3 aromatic carbocycles. The van der Waals surface area contributed by atoms with Gasteiger partial charge < -0.3 is 15.0 Å². The van der Waals surface area contributed by atoms with Crippen LogP contribution in [0.5, 0.6) is 5.75 Å². The summed E-state index contributed by atoms with van der Waals surface area (Å²) in [7, 11) is -2.60. The van der Waals surface area contributed by atoms with E-state index in [0.717, 1.165) is 27.4 Å². The molecule has 0 heterocycles. The lowest BCUT2D eigenvalue weighted by atomic mass is 10.1. The van der Waals surface area contributed by atoms with Crippen LogP contribution >= 0.6 is 0 Å². The van der Waals surface area contributed by atoms with E-state index in [1.165, 1.54) is 24.1 Å². The number of benzene rings is 3. The fourth-order valence-electron chi connectivity index (χ4n) is 4.13. The number of carbonyl (C=O) groups excluding carboxylic acids is 2. The summed E-state index contributed by atoms with van der Waals surface area (Å²) in [5, 5.41) is 2.95. The van der Waals surface area contributed by atoms with Crippen LogP contribution < -0.4 is 14.4 Å². The number of anilines is 1. The van der Waals surface area contributed by atoms with Gasteiger partial charge in [0, 0.05) is 12.6 Å². The van der Waals surface area contributed by atoms with Crippen LogP contribution in [0.25, 0.3) is 0 Å². The lowest BCUT2D eigenvalue weighted by Crippen LogP contribution is -2.52. The number of rotatable bonds is 12. The van der Waals surface area contributed by atoms with Gasteiger partial charge in [-0.3, -0.25) is 13.9 Å². The lowest BCUT2D eigenvalue weighted by Gasteiger charge is -2.32. The van der Waals surface area contributed by atoms with Gasteiger partial charge >= 0.3 is 0 Å². The summed E-state index contributed by atoms with van der Waals surface area (Å²) in [6, 6.07) is 19.7. The number of hydrogen-bond acceptors (Lipinski definition) is 5. The standard InChI is InChI=1S/C31H39N3O5S/c1-7-24(4)32-31(36)25(5)33(20-26-11-9-8-10-23(26)3)30(35)21-34(27-14-16-28(39-6)17-15-27)40(37,38)29-18-12-22(2)13-19-29/h8-19,24-25H,7,20-21H2,1-6H3,(H,32,36). The quantitative estimate of drug-likeness (QED) is 0.339. The molecule has 2 amide bonds. The molecule has 0 fully saturated rings. The number of ether oxygens (including phenoxy) is 1. The predicted octanol–water partition coefficient (Wildman–Crippen LogP) is 4.84. The first kappa shape index (κ1) is 30.7. The summed E-state index contributed by atoms with van der Waals surface area (Å²) < 4.78 is 34.1. The largest absolute Gasteiger partial charge is 0.497 e. The normalized spacial score (nSPS) is 12.8. The van der Waals surface area contributed by atoms with Crippen molar-refractivity contribution in [3.05, 3.63) is 89.5 Å². The number of carbonyl (C=O) groups is 2. The molecule has 1 N–H and O–H groups in total. The molecule has 3 rings (SSSR count). The van der Waals surface area contributed by atoms with Crippen LogP contribution in [0.3, 0.4) is 0 Å². The Morgan fingerprint density at radius 2 is 1.55 bits per heavy atom. The van der Waals surface area contributed by atoms with Crippen molar-refractivity contribution in [2.24, 2.45) is 0 Å². The van der Waals surface area contributed by atoms with Gasteiger partial charge in [-0.15, -0.1) is 0 Å². The number of nitrogens with one attached hydrogen (secondary N) is 1. The van der Waals surface area contributed by atoms with E-state index in [0.29, 0.717) is 11.4 Å². The van der Waals surface area contributed by atoms with E-state index in [1.807, 2.05) is 52.0 Å². The third-order valence-corrected chi connectivity index (χ3v) is 8.81. The van der Waals surface area contributed by atoms with Crippen molar-refractivity contribution in [1.82, 2.24) is 10.2 Å². The van der Waals surface area contributed by atoms with Crippen LogP contribution in [0, 0.1) is 13.8 Å². The monoisotopic (exact) mass is 565 g/mol. The van der Waals surface area contributed by atoms with Crippen LogP contribution in [0.15, 0.2) is 77.7 Å². The summed E-state index contributed by atoms with van der Waals surface area (Å²) in [5.41, 5.74) is 3.06. The number of methoxy groups -OCH3 is 1. The third-order valence-electron chi connectivity index (χ3n) is 7.02. The van der Waals surface area contributed by atoms with Crippen molar-refractivity contribution in [2.45, 2.75) is 64.6 Å². The first-order valence-electron chi connectivity index (χ1n) is 13.4. The molecule has 9 heteroatoms. The third kappa shape index (κ3) is 7.41. The van der Waals surface area contributed by atoms with Crippen LogP contribution in [-0.2, 0) is 26.2 Å². The molecule has 2 atom stereocenters. The molecule has 8 nitrogen and oxygen atoms in total. The van der Waals surface area contributed by atoms with Gasteiger partial charge in [0.2, 0.25) is 11.8 Å². The minimum atomic E-state index is -4.12. The van der Waals surface area contributed by atoms with Gasteiger partial charge in [-0.1, -0.05) is 48.9 Å². The van der Waals surface area contributed by atoms with Crippen molar-refractivity contribution in [1.29, 1.82) is 0 Å². The molecule has 0 saturated heterocycles. The number of hydrogen-bond donors (Lipinski definition) is 1. The topological polar surface area (TPSA) is 96.0 Å². The highest BCUT2D eigenvalue weighted by atomic mass is 32.2. The van der Waals surface area contributed by atoms with Crippen LogP contribution in [0.2, 0.25) is 0 Å². The number of aryl methyl sites for hydroxylation is 2. The van der Waals surface area contributed by atoms with E-state index in [9.17, 15) is 18.0 Å². The Morgan fingerprint density at radius 3 is 2.12 bits per heavy atom. The second-order valence-electron chi connectivity index (χ2n) is 9.96. The highest BCUT2D eigenvalue weighted by Gasteiger charge is 2.33. The molecule has 0 aliphatic rings. The first-order chi connectivity index (χ1) is 19.0. The van der Waals surface area contributed by atoms with Gasteiger partial charge in [-0.2, -0.15) is 0 Å². The highest BCUT2D eigenvalue weighted by Crippen LogP contribution is 2.27. The van der Waals surface area contributed by atoms with E-state index in [2.05, 4.69) is 5.32 Å². The number of sulfonamides is 1. The van der Waals surface area contributed by atoms with Crippen molar-refractivity contribution in [2.75, 3.05) is 18.0 Å². The average molecular weight is 566 g/mol. The Hall–Kier alpha value is -3.85. The van der Waals surface area contributed by atoms with Gasteiger partial charge in [0.1, 0.15) is 18.3 Å². The minimum Gasteiger partial charge on any atom is -0.497 e. The minimum absolute atomic E-state index is 0.0646. The van der Waals surface area contributed by atoms with E-state index in [-0.39, 0.29) is 23.4 Å². The summed E-state index contributed by atoms with van der Waals surface area (Å²) in [6.45, 7) is 9.01. The van der Waals surface area contributed by atoms with Gasteiger partial charge in [-0.25, -0.2) is 8.42 Å². The smallest absolute Gasteiger partial charge is 0.264 e. The predicted molar refractivity (Wildman–Crippen MR) is 158 cm³/mol. The zero-order chi connectivity index (χ0) is 29.4. The Balaban J connectivity index is 2.04. The molecule has 0 aromatic heterocycles. The van der Waals surface area contributed by atoms with E-state index in [1.54, 1.807) is 43.3 Å². The average Bonchev–Trinajstić information content (AvgIpc) is 2.95. The van der Waals surface area contributed by atoms with Crippen molar-refractivity contribution >= 4 is 27.5 Å². The maximum atomic E-state index is 14.0. The molecule has 40 heavy (non-hydrogen) atoms. The summed E-state index contributed by atoms with van der Waals surface area (Å²) in [5.74, 6) is -0.241. The summed E-state index contributed by atoms with van der Waals surface area (Å²) in [4.78, 5) is 28.7. The Kier molecular flexibility index (Phi) is 10.3. The molecule has 0 radical (unpaired) electrons. The van der Waals surface area contributed by atoms with Crippen molar-refractivity contribution < 1.29 is 22.7 Å². The number of amides is 2. The summed E-state index contributed by atoms with van der Waals surface area (Å²) in [6.07, 6.45) is 0.740. The maximum absolute atomic E-state index is 14.0. The zero-order valence-electron chi connectivity index (χ0n) is 24.0. The lowest BCUT2D eigenvalue weighted by molar-refractivity contribution is -0.139. The van der Waals surface area contributed by atoms with Crippen molar-refractivity contribution in [3.8, 4) is 5.75 Å². The van der Waals surface area contributed by atoms with E-state index >= 15 is 0 Å². The highest BCUT2D eigenvalue weighted by molar-refractivity contribution is 7.92. The number of nitrogens with zero attached hydrogens (tertiary/aromatic N) is 2. The van der Waals surface area contributed by atoms with Crippen LogP contribution in [-0.4, -0.2) is 50.9 Å². The Labute approximate surface area is 238 Å². The Bertz CT molecular complexity index is 1410. The van der Waals surface area contributed by atoms with Gasteiger partial charge in [0.25, 0.3) is 10.0 Å². The fourth-order valence-corrected chi connectivity index (χ4v) is 5.55. The SMILES string of the molecule is CCC(C)NC(=O)C(C)N(Cc1ccccc1C)C(=O)CN(c1ccc(OC)cc1)S(=O)(=O)c1ccc(C)cc1. The molecule has 2 unspecified atom stereocenters. The molecular formula is C31H39N3O5S. The molecule has 3 aromatic rings.